The molecular weight excluding hydrogens is 923 g/mol. The van der Waals surface area contributed by atoms with Crippen molar-refractivity contribution in [1.29, 1.82) is 0 Å². The fourth-order valence-electron chi connectivity index (χ4n) is 7.34. The van der Waals surface area contributed by atoms with E-state index < -0.39 is 35.0 Å². The molecule has 0 spiro atoms. The zero-order valence-corrected chi connectivity index (χ0v) is 44.3. The quantitative estimate of drug-likeness (QED) is 0.0406. The van der Waals surface area contributed by atoms with Crippen LogP contribution >= 0.6 is 0 Å². The van der Waals surface area contributed by atoms with Crippen molar-refractivity contribution in [1.82, 2.24) is 36.8 Å². The Labute approximate surface area is 423 Å². The molecule has 0 aromatic carbocycles. The molecule has 0 aromatic rings. The van der Waals surface area contributed by atoms with E-state index in [1.165, 1.54) is 0 Å². The largest absolute Gasteiger partial charge is 0.444 e. The van der Waals surface area contributed by atoms with Crippen molar-refractivity contribution >= 4 is 41.7 Å². The molecule has 0 saturated carbocycles. The molecule has 0 aliphatic carbocycles. The monoisotopic (exact) mass is 1020 g/mol. The highest BCUT2D eigenvalue weighted by molar-refractivity contribution is 5.78. The predicted octanol–water partition coefficient (Wildman–Crippen LogP) is 3.89. The molecule has 21 heteroatoms. The number of aliphatic hydroxyl groups is 2. The SMILES string of the molecule is CCCCNC(=O)CCOCC(COCCC(=O)NCCCNC(=O)OC(C)(C)C)(COCCC(=O)NCCCNC(=O)OC(C)(C)C)NC(=O)CCCCCCCCCCC(=O)N1CC(O)CC1CO. The summed E-state index contributed by atoms with van der Waals surface area (Å²) in [6.45, 7) is 14.4. The van der Waals surface area contributed by atoms with Crippen molar-refractivity contribution in [3.05, 3.63) is 0 Å². The number of carbonyl (C=O) groups excluding carboxylic acids is 7. The summed E-state index contributed by atoms with van der Waals surface area (Å²) >= 11 is 0. The summed E-state index contributed by atoms with van der Waals surface area (Å²) in [6.07, 6.45) is 9.29. The van der Waals surface area contributed by atoms with Crippen LogP contribution < -0.4 is 31.9 Å². The summed E-state index contributed by atoms with van der Waals surface area (Å²) in [6, 6.07) is -0.305. The molecule has 1 rings (SSSR count). The smallest absolute Gasteiger partial charge is 0.407 e. The molecule has 1 heterocycles. The lowest BCUT2D eigenvalue weighted by molar-refractivity contribution is -0.133. The van der Waals surface area contributed by atoms with Crippen molar-refractivity contribution < 1.29 is 67.5 Å². The maximum atomic E-state index is 13.6. The number of nitrogens with zero attached hydrogens (tertiary/aromatic N) is 1. The number of carbonyl (C=O) groups is 7. The number of unbranched alkanes of at least 4 members (excludes halogenated alkanes) is 8. The van der Waals surface area contributed by atoms with E-state index in [1.54, 1.807) is 46.4 Å². The van der Waals surface area contributed by atoms with Gasteiger partial charge in [0.05, 0.1) is 58.4 Å². The summed E-state index contributed by atoms with van der Waals surface area (Å²) < 4.78 is 28.5. The van der Waals surface area contributed by atoms with Gasteiger partial charge < -0.3 is 70.7 Å². The molecule has 7 amide bonds. The number of likely N-dealkylation sites (tertiary alicyclic amines) is 1. The van der Waals surface area contributed by atoms with Crippen LogP contribution in [0.1, 0.15) is 164 Å². The zero-order valence-electron chi connectivity index (χ0n) is 44.3. The Bertz CT molecular complexity index is 1480. The Morgan fingerprint density at radius 3 is 1.32 bits per heavy atom. The molecule has 2 unspecified atom stereocenters. The first-order valence-electron chi connectivity index (χ1n) is 26.0. The first kappa shape index (κ1) is 64.7. The maximum Gasteiger partial charge on any atom is 0.407 e. The number of aliphatic hydroxyl groups excluding tert-OH is 2. The van der Waals surface area contributed by atoms with Crippen LogP contribution in [0.3, 0.4) is 0 Å². The number of alkyl carbamates (subject to hydrolysis) is 2. The number of nitrogens with one attached hydrogen (secondary N) is 6. The van der Waals surface area contributed by atoms with Crippen LogP contribution in [-0.2, 0) is 47.7 Å². The maximum absolute atomic E-state index is 13.6. The van der Waals surface area contributed by atoms with Crippen LogP contribution in [0.2, 0.25) is 0 Å². The fraction of sp³-hybridized carbons (Fsp3) is 0.860. The van der Waals surface area contributed by atoms with Crippen molar-refractivity contribution in [3.63, 3.8) is 0 Å². The van der Waals surface area contributed by atoms with E-state index in [2.05, 4.69) is 31.9 Å². The van der Waals surface area contributed by atoms with Gasteiger partial charge in [0, 0.05) is 71.4 Å². The normalized spacial score (nSPS) is 14.9. The molecule has 71 heavy (non-hydrogen) atoms. The average molecular weight is 1020 g/mol. The van der Waals surface area contributed by atoms with E-state index in [-0.39, 0.29) is 114 Å². The molecular formula is C50H93N7O14. The van der Waals surface area contributed by atoms with E-state index in [9.17, 15) is 43.8 Å². The number of hydrogen-bond acceptors (Lipinski definition) is 14. The minimum atomic E-state index is -1.24. The summed E-state index contributed by atoms with van der Waals surface area (Å²) in [4.78, 5) is 89.4. The van der Waals surface area contributed by atoms with Crippen LogP contribution in [0.5, 0.6) is 0 Å². The Hall–Kier alpha value is -4.31. The fourth-order valence-corrected chi connectivity index (χ4v) is 7.34. The molecule has 8 N–H and O–H groups in total. The molecule has 2 atom stereocenters. The standard InChI is InChI=1S/C50H93N7O14/c1-8-9-25-51-41(60)22-30-67-36-50(37-68-31-23-42(61)52-26-18-28-54-46(65)70-48(2,3)4,38-69-32-24-43(62)53-27-19-29-55-47(66)71-49(5,6)7)56-44(63)20-16-14-12-10-11-13-15-17-21-45(64)57-34-40(59)33-39(57)35-58/h39-40,58-59H,8-38H2,1-7H3,(H,51,60)(H,52,61)(H,53,62)(H,54,65)(H,55,66)(H,56,63). The lowest BCUT2D eigenvalue weighted by Gasteiger charge is -2.34. The van der Waals surface area contributed by atoms with Crippen LogP contribution in [0.4, 0.5) is 9.59 Å². The van der Waals surface area contributed by atoms with Crippen LogP contribution in [0, 0.1) is 0 Å². The van der Waals surface area contributed by atoms with Gasteiger partial charge in [0.15, 0.2) is 0 Å². The molecule has 412 valence electrons. The first-order chi connectivity index (χ1) is 33.7. The molecule has 0 bridgehead atoms. The summed E-state index contributed by atoms with van der Waals surface area (Å²) in [5, 5.41) is 36.3. The highest BCUT2D eigenvalue weighted by Crippen LogP contribution is 2.20. The van der Waals surface area contributed by atoms with Crippen LogP contribution in [0.15, 0.2) is 0 Å². The molecule has 1 saturated heterocycles. The van der Waals surface area contributed by atoms with Gasteiger partial charge in [-0.25, -0.2) is 9.59 Å². The van der Waals surface area contributed by atoms with E-state index in [1.807, 2.05) is 6.92 Å². The van der Waals surface area contributed by atoms with Gasteiger partial charge in [-0.3, -0.25) is 24.0 Å². The van der Waals surface area contributed by atoms with Crippen LogP contribution in [-0.4, -0.2) is 171 Å². The Balaban J connectivity index is 2.82. The van der Waals surface area contributed by atoms with Crippen molar-refractivity contribution in [2.75, 3.05) is 85.5 Å². The summed E-state index contributed by atoms with van der Waals surface area (Å²) in [5.41, 5.74) is -2.48. The van der Waals surface area contributed by atoms with Crippen molar-refractivity contribution in [3.8, 4) is 0 Å². The van der Waals surface area contributed by atoms with E-state index in [4.69, 9.17) is 23.7 Å². The van der Waals surface area contributed by atoms with Crippen molar-refractivity contribution in [2.24, 2.45) is 0 Å². The molecule has 1 aliphatic rings. The molecule has 1 fully saturated rings. The lowest BCUT2D eigenvalue weighted by Crippen LogP contribution is -2.58. The third-order valence-corrected chi connectivity index (χ3v) is 11.0. The number of ether oxygens (including phenoxy) is 5. The second kappa shape index (κ2) is 37.4. The van der Waals surface area contributed by atoms with Gasteiger partial charge in [-0.2, -0.15) is 0 Å². The van der Waals surface area contributed by atoms with Gasteiger partial charge in [0.2, 0.25) is 29.5 Å². The van der Waals surface area contributed by atoms with E-state index >= 15 is 0 Å². The minimum absolute atomic E-state index is 0.00764. The number of hydrogen-bond donors (Lipinski definition) is 8. The van der Waals surface area contributed by atoms with Gasteiger partial charge in [-0.1, -0.05) is 51.9 Å². The average Bonchev–Trinajstić information content (AvgIpc) is 3.68. The van der Waals surface area contributed by atoms with Gasteiger partial charge in [-0.15, -0.1) is 0 Å². The topological polar surface area (TPSA) is 282 Å². The Kier molecular flexibility index (Phi) is 34.1. The number of β-amino-alcohol motifs (C(OH)–C–C–N with tert-alkyl or cyclic N) is 1. The third-order valence-electron chi connectivity index (χ3n) is 11.0. The lowest BCUT2D eigenvalue weighted by atomic mass is 10.0. The zero-order chi connectivity index (χ0) is 53.0. The molecule has 0 aromatic heterocycles. The van der Waals surface area contributed by atoms with Gasteiger partial charge in [-0.05, 0) is 80.1 Å². The van der Waals surface area contributed by atoms with E-state index in [0.717, 1.165) is 57.8 Å². The van der Waals surface area contributed by atoms with Crippen molar-refractivity contribution in [2.45, 2.75) is 193 Å². The highest BCUT2D eigenvalue weighted by Gasteiger charge is 2.35. The van der Waals surface area contributed by atoms with Gasteiger partial charge >= 0.3 is 12.2 Å². The van der Waals surface area contributed by atoms with Gasteiger partial charge in [0.1, 0.15) is 16.7 Å². The Morgan fingerprint density at radius 2 is 0.915 bits per heavy atom. The Morgan fingerprint density at radius 1 is 0.521 bits per heavy atom. The summed E-state index contributed by atoms with van der Waals surface area (Å²) in [5.74, 6) is -0.980. The number of amides is 7. The molecule has 0 radical (unpaired) electrons. The number of rotatable bonds is 39. The predicted molar refractivity (Wildman–Crippen MR) is 268 cm³/mol. The molecule has 21 nitrogen and oxygen atoms in total. The second-order valence-corrected chi connectivity index (χ2v) is 20.3. The van der Waals surface area contributed by atoms with Crippen LogP contribution in [0.25, 0.3) is 0 Å². The van der Waals surface area contributed by atoms with E-state index in [0.29, 0.717) is 64.8 Å². The summed E-state index contributed by atoms with van der Waals surface area (Å²) in [7, 11) is 0. The van der Waals surface area contributed by atoms with Gasteiger partial charge in [0.25, 0.3) is 0 Å². The first-order valence-corrected chi connectivity index (χ1v) is 26.0. The third kappa shape index (κ3) is 35.5. The molecule has 1 aliphatic heterocycles. The highest BCUT2D eigenvalue weighted by atomic mass is 16.6. The second-order valence-electron chi connectivity index (χ2n) is 20.3. The minimum Gasteiger partial charge on any atom is -0.444 e.